The van der Waals surface area contributed by atoms with Crippen molar-refractivity contribution >= 4 is 52.2 Å². The lowest BCUT2D eigenvalue weighted by molar-refractivity contribution is -0.127. The highest BCUT2D eigenvalue weighted by Crippen LogP contribution is 2.25. The Morgan fingerprint density at radius 1 is 1.05 bits per heavy atom. The molecule has 1 aromatic heterocycles. The van der Waals surface area contributed by atoms with Crippen LogP contribution in [0.5, 0.6) is 0 Å². The number of carbonyl (C=O) groups excluding carboxylic acids is 2. The molecule has 0 bridgehead atoms. The Balaban J connectivity index is 2.07. The number of likely N-dealkylation sites (N-methyl/N-ethyl adjacent to an activating group) is 1. The standard InChI is InChI=1S/C16H12N2O2S2/c1-17-14(19)13(10-12-8-5-9-22-12)15(20)18(16(17)21)11-6-3-2-4-7-11/h2-10H,1H3. The topological polar surface area (TPSA) is 40.6 Å². The SMILES string of the molecule is CN1C(=O)C(=Cc2cccs2)C(=O)N(c2ccccc2)C1=S. The third-order valence-corrected chi connectivity index (χ3v) is 4.57. The van der Waals surface area contributed by atoms with Gasteiger partial charge < -0.3 is 0 Å². The molecule has 0 aliphatic carbocycles. The van der Waals surface area contributed by atoms with Gasteiger partial charge in [-0.1, -0.05) is 24.3 Å². The van der Waals surface area contributed by atoms with Crippen LogP contribution >= 0.6 is 23.6 Å². The van der Waals surface area contributed by atoms with Gasteiger partial charge in [-0.05, 0) is 41.9 Å². The highest BCUT2D eigenvalue weighted by Gasteiger charge is 2.38. The third kappa shape index (κ3) is 2.47. The fourth-order valence-corrected chi connectivity index (χ4v) is 3.09. The zero-order valence-electron chi connectivity index (χ0n) is 11.7. The smallest absolute Gasteiger partial charge is 0.270 e. The lowest BCUT2D eigenvalue weighted by Crippen LogP contribution is -2.54. The molecule has 1 aliphatic rings. The molecular weight excluding hydrogens is 316 g/mol. The van der Waals surface area contributed by atoms with Gasteiger partial charge in [-0.15, -0.1) is 11.3 Å². The zero-order chi connectivity index (χ0) is 15.7. The second-order valence-electron chi connectivity index (χ2n) is 4.70. The number of hydrogen-bond acceptors (Lipinski definition) is 4. The summed E-state index contributed by atoms with van der Waals surface area (Å²) in [7, 11) is 1.58. The number of benzene rings is 1. The van der Waals surface area contributed by atoms with Gasteiger partial charge in [0.25, 0.3) is 11.8 Å². The average molecular weight is 328 g/mol. The Bertz CT molecular complexity index is 767. The summed E-state index contributed by atoms with van der Waals surface area (Å²) in [5.41, 5.74) is 0.760. The molecule has 2 heterocycles. The number of amides is 2. The summed E-state index contributed by atoms with van der Waals surface area (Å²) in [6.07, 6.45) is 1.61. The van der Waals surface area contributed by atoms with Gasteiger partial charge in [-0.3, -0.25) is 19.4 Å². The van der Waals surface area contributed by atoms with Gasteiger partial charge in [-0.25, -0.2) is 0 Å². The van der Waals surface area contributed by atoms with E-state index < -0.39 is 5.91 Å². The summed E-state index contributed by atoms with van der Waals surface area (Å²) in [6, 6.07) is 12.8. The van der Waals surface area contributed by atoms with Crippen molar-refractivity contribution in [3.63, 3.8) is 0 Å². The van der Waals surface area contributed by atoms with Gasteiger partial charge in [0.2, 0.25) is 0 Å². The largest absolute Gasteiger partial charge is 0.287 e. The fraction of sp³-hybridized carbons (Fsp3) is 0.0625. The van der Waals surface area contributed by atoms with Crippen LogP contribution in [0.15, 0.2) is 53.4 Å². The molecule has 0 radical (unpaired) electrons. The van der Waals surface area contributed by atoms with E-state index in [0.717, 1.165) is 4.88 Å². The van der Waals surface area contributed by atoms with Crippen molar-refractivity contribution in [2.75, 3.05) is 11.9 Å². The molecule has 1 aliphatic heterocycles. The Kier molecular flexibility index (Phi) is 3.87. The molecule has 0 unspecified atom stereocenters. The molecular formula is C16H12N2O2S2. The number of nitrogens with zero attached hydrogens (tertiary/aromatic N) is 2. The Morgan fingerprint density at radius 3 is 2.41 bits per heavy atom. The maximum atomic E-state index is 12.7. The summed E-state index contributed by atoms with van der Waals surface area (Å²) in [5, 5.41) is 2.08. The first-order valence-corrected chi connectivity index (χ1v) is 7.85. The van der Waals surface area contributed by atoms with E-state index in [9.17, 15) is 9.59 Å². The first-order chi connectivity index (χ1) is 10.6. The first-order valence-electron chi connectivity index (χ1n) is 6.56. The average Bonchev–Trinajstić information content (AvgIpc) is 3.04. The van der Waals surface area contributed by atoms with Crippen molar-refractivity contribution in [1.82, 2.24) is 4.90 Å². The van der Waals surface area contributed by atoms with E-state index >= 15 is 0 Å². The van der Waals surface area contributed by atoms with Crippen molar-refractivity contribution in [3.8, 4) is 0 Å². The molecule has 2 amide bonds. The van der Waals surface area contributed by atoms with Crippen LogP contribution in [-0.4, -0.2) is 28.9 Å². The zero-order valence-corrected chi connectivity index (χ0v) is 13.4. The number of thiocarbonyl (C=S) groups is 1. The van der Waals surface area contributed by atoms with Crippen LogP contribution in [0.3, 0.4) is 0 Å². The molecule has 0 saturated carbocycles. The summed E-state index contributed by atoms with van der Waals surface area (Å²) in [5.74, 6) is -0.775. The minimum atomic E-state index is -0.396. The lowest BCUT2D eigenvalue weighted by Gasteiger charge is -2.34. The number of hydrogen-bond donors (Lipinski definition) is 0. The molecule has 0 N–H and O–H groups in total. The summed E-state index contributed by atoms with van der Waals surface area (Å²) in [6.45, 7) is 0. The van der Waals surface area contributed by atoms with Crippen LogP contribution in [0.1, 0.15) is 4.88 Å². The van der Waals surface area contributed by atoms with Gasteiger partial charge in [0, 0.05) is 11.9 Å². The molecule has 110 valence electrons. The Morgan fingerprint density at radius 2 is 1.77 bits per heavy atom. The second kappa shape index (κ2) is 5.82. The van der Waals surface area contributed by atoms with E-state index in [1.165, 1.54) is 21.1 Å². The van der Waals surface area contributed by atoms with Crippen LogP contribution in [-0.2, 0) is 9.59 Å². The number of thiophene rings is 1. The molecule has 1 fully saturated rings. The van der Waals surface area contributed by atoms with E-state index in [1.807, 2.05) is 35.7 Å². The highest BCUT2D eigenvalue weighted by molar-refractivity contribution is 7.80. The predicted octanol–water partition coefficient (Wildman–Crippen LogP) is 2.92. The Hall–Kier alpha value is -2.31. The van der Waals surface area contributed by atoms with Gasteiger partial charge in [-0.2, -0.15) is 0 Å². The van der Waals surface area contributed by atoms with E-state index in [2.05, 4.69) is 0 Å². The van der Waals surface area contributed by atoms with Crippen LogP contribution < -0.4 is 4.90 Å². The van der Waals surface area contributed by atoms with E-state index in [0.29, 0.717) is 5.69 Å². The molecule has 1 saturated heterocycles. The minimum Gasteiger partial charge on any atom is -0.287 e. The molecule has 4 nitrogen and oxygen atoms in total. The van der Waals surface area contributed by atoms with Crippen LogP contribution in [0.4, 0.5) is 5.69 Å². The minimum absolute atomic E-state index is 0.113. The van der Waals surface area contributed by atoms with Crippen molar-refractivity contribution < 1.29 is 9.59 Å². The Labute approximate surface area is 137 Å². The van der Waals surface area contributed by atoms with Gasteiger partial charge >= 0.3 is 0 Å². The van der Waals surface area contributed by atoms with E-state index in [4.69, 9.17) is 12.2 Å². The number of carbonyl (C=O) groups is 2. The summed E-state index contributed by atoms with van der Waals surface area (Å²) >= 11 is 6.74. The van der Waals surface area contributed by atoms with Gasteiger partial charge in [0.1, 0.15) is 5.57 Å². The first kappa shape index (κ1) is 14.6. The van der Waals surface area contributed by atoms with E-state index in [-0.39, 0.29) is 16.6 Å². The molecule has 2 aromatic rings. The fourth-order valence-electron chi connectivity index (χ4n) is 2.16. The van der Waals surface area contributed by atoms with Crippen molar-refractivity contribution in [1.29, 1.82) is 0 Å². The normalized spacial score (nSPS) is 17.5. The number of rotatable bonds is 2. The molecule has 6 heteroatoms. The lowest BCUT2D eigenvalue weighted by atomic mass is 10.1. The van der Waals surface area contributed by atoms with Gasteiger partial charge in [0.15, 0.2) is 5.11 Å². The second-order valence-corrected chi connectivity index (χ2v) is 6.04. The molecule has 0 spiro atoms. The molecule has 3 rings (SSSR count). The summed E-state index contributed by atoms with van der Waals surface area (Å²) in [4.78, 5) is 28.7. The number of para-hydroxylation sites is 1. The number of anilines is 1. The molecule has 0 atom stereocenters. The highest BCUT2D eigenvalue weighted by atomic mass is 32.1. The van der Waals surface area contributed by atoms with Crippen LogP contribution in [0, 0.1) is 0 Å². The van der Waals surface area contributed by atoms with E-state index in [1.54, 1.807) is 25.3 Å². The third-order valence-electron chi connectivity index (χ3n) is 3.29. The van der Waals surface area contributed by atoms with Crippen LogP contribution in [0.2, 0.25) is 0 Å². The molecule has 22 heavy (non-hydrogen) atoms. The monoisotopic (exact) mass is 328 g/mol. The van der Waals surface area contributed by atoms with Crippen LogP contribution in [0.25, 0.3) is 6.08 Å². The maximum absolute atomic E-state index is 12.7. The van der Waals surface area contributed by atoms with Crippen molar-refractivity contribution in [2.45, 2.75) is 0 Å². The van der Waals surface area contributed by atoms with Gasteiger partial charge in [0.05, 0.1) is 5.69 Å². The summed E-state index contributed by atoms with van der Waals surface area (Å²) < 4.78 is 0. The maximum Gasteiger partial charge on any atom is 0.270 e. The predicted molar refractivity (Wildman–Crippen MR) is 91.6 cm³/mol. The molecule has 1 aromatic carbocycles. The quantitative estimate of drug-likeness (QED) is 0.483. The van der Waals surface area contributed by atoms with Crippen molar-refractivity contribution in [2.24, 2.45) is 0 Å². The van der Waals surface area contributed by atoms with Crippen molar-refractivity contribution in [3.05, 3.63) is 58.3 Å².